The lowest BCUT2D eigenvalue weighted by molar-refractivity contribution is 1.23. The van der Waals surface area contributed by atoms with E-state index in [1.54, 1.807) is 0 Å². The van der Waals surface area contributed by atoms with Gasteiger partial charge in [0.1, 0.15) is 10.7 Å². The minimum Gasteiger partial charge on any atom is -0.216 e. The lowest BCUT2D eigenvalue weighted by Gasteiger charge is -1.93. The molecule has 2 rings (SSSR count). The van der Waals surface area contributed by atoms with Crippen LogP contribution in [0.2, 0.25) is 10.4 Å². The van der Waals surface area contributed by atoms with Crippen LogP contribution >= 0.6 is 50.5 Å². The van der Waals surface area contributed by atoms with Crippen molar-refractivity contribution in [2.45, 2.75) is 0 Å². The Balaban J connectivity index is 2.92. The van der Waals surface area contributed by atoms with Gasteiger partial charge in [-0.2, -0.15) is 0 Å². The SMILES string of the molecule is Clc1nc(Cl)c2csc(Br)c2n1. The highest BCUT2D eigenvalue weighted by Gasteiger charge is 2.08. The molecule has 62 valence electrons. The second-order valence-corrected chi connectivity index (χ2v) is 4.95. The third-order valence-electron chi connectivity index (χ3n) is 1.34. The van der Waals surface area contributed by atoms with Crippen LogP contribution in [0.3, 0.4) is 0 Å². The molecular weight excluding hydrogens is 283 g/mol. The molecule has 0 saturated heterocycles. The van der Waals surface area contributed by atoms with Crippen molar-refractivity contribution in [3.05, 3.63) is 19.6 Å². The first-order chi connectivity index (χ1) is 5.68. The van der Waals surface area contributed by atoms with Crippen molar-refractivity contribution in [2.24, 2.45) is 0 Å². The van der Waals surface area contributed by atoms with E-state index in [0.717, 1.165) is 14.7 Å². The van der Waals surface area contributed by atoms with Crippen LogP contribution in [0.4, 0.5) is 0 Å². The van der Waals surface area contributed by atoms with Crippen LogP contribution < -0.4 is 0 Å². The van der Waals surface area contributed by atoms with Crippen LogP contribution in [-0.2, 0) is 0 Å². The fraction of sp³-hybridized carbons (Fsp3) is 0. The summed E-state index contributed by atoms with van der Waals surface area (Å²) in [7, 11) is 0. The Morgan fingerprint density at radius 2 is 2.08 bits per heavy atom. The summed E-state index contributed by atoms with van der Waals surface area (Å²) >= 11 is 16.3. The van der Waals surface area contributed by atoms with Crippen molar-refractivity contribution in [3.8, 4) is 0 Å². The normalized spacial score (nSPS) is 10.9. The second-order valence-electron chi connectivity index (χ2n) is 2.06. The number of aromatic nitrogens is 2. The van der Waals surface area contributed by atoms with Crippen molar-refractivity contribution in [2.75, 3.05) is 0 Å². The van der Waals surface area contributed by atoms with Gasteiger partial charge in [0.25, 0.3) is 0 Å². The number of nitrogens with zero attached hydrogens (tertiary/aromatic N) is 2. The highest BCUT2D eigenvalue weighted by Crippen LogP contribution is 2.33. The van der Waals surface area contributed by atoms with E-state index in [1.807, 2.05) is 5.38 Å². The molecule has 2 aromatic heterocycles. The Morgan fingerprint density at radius 3 is 2.83 bits per heavy atom. The Morgan fingerprint density at radius 1 is 1.33 bits per heavy atom. The van der Waals surface area contributed by atoms with Crippen molar-refractivity contribution < 1.29 is 0 Å². The molecule has 0 N–H and O–H groups in total. The Hall–Kier alpha value is 0.1000. The average molecular weight is 284 g/mol. The van der Waals surface area contributed by atoms with Gasteiger partial charge in [0.15, 0.2) is 0 Å². The van der Waals surface area contributed by atoms with Gasteiger partial charge in [0.2, 0.25) is 5.28 Å². The Kier molecular flexibility index (Phi) is 2.25. The van der Waals surface area contributed by atoms with Crippen LogP contribution in [0.5, 0.6) is 0 Å². The maximum absolute atomic E-state index is 5.83. The number of rotatable bonds is 0. The summed E-state index contributed by atoms with van der Waals surface area (Å²) in [5.74, 6) is 0. The lowest BCUT2D eigenvalue weighted by atomic mass is 10.4. The first-order valence-electron chi connectivity index (χ1n) is 2.94. The molecule has 0 bridgehead atoms. The van der Waals surface area contributed by atoms with Gasteiger partial charge < -0.3 is 0 Å². The summed E-state index contributed by atoms with van der Waals surface area (Å²) < 4.78 is 0.920. The van der Waals surface area contributed by atoms with Crippen molar-refractivity contribution in [1.82, 2.24) is 9.97 Å². The summed E-state index contributed by atoms with van der Waals surface area (Å²) in [4.78, 5) is 7.85. The van der Waals surface area contributed by atoms with Gasteiger partial charge in [0, 0.05) is 10.8 Å². The van der Waals surface area contributed by atoms with E-state index >= 15 is 0 Å². The van der Waals surface area contributed by atoms with Crippen molar-refractivity contribution in [3.63, 3.8) is 0 Å². The Labute approximate surface area is 90.7 Å². The molecule has 0 aromatic carbocycles. The zero-order chi connectivity index (χ0) is 8.72. The zero-order valence-electron chi connectivity index (χ0n) is 5.51. The van der Waals surface area contributed by atoms with Crippen LogP contribution in [0.25, 0.3) is 10.9 Å². The lowest BCUT2D eigenvalue weighted by Crippen LogP contribution is -1.82. The van der Waals surface area contributed by atoms with E-state index in [9.17, 15) is 0 Å². The maximum atomic E-state index is 5.83. The van der Waals surface area contributed by atoms with Crippen molar-refractivity contribution in [1.29, 1.82) is 0 Å². The highest BCUT2D eigenvalue weighted by atomic mass is 79.9. The molecule has 2 aromatic rings. The number of hydrogen-bond acceptors (Lipinski definition) is 3. The molecule has 0 saturated carbocycles. The quantitative estimate of drug-likeness (QED) is 0.543. The molecule has 0 radical (unpaired) electrons. The van der Waals surface area contributed by atoms with Crippen molar-refractivity contribution >= 4 is 61.4 Å². The van der Waals surface area contributed by atoms with Crippen LogP contribution in [0.1, 0.15) is 0 Å². The summed E-state index contributed by atoms with van der Waals surface area (Å²) in [5.41, 5.74) is 0.769. The predicted molar refractivity (Wildman–Crippen MR) is 55.1 cm³/mol. The number of thiophene rings is 1. The molecule has 2 heterocycles. The zero-order valence-corrected chi connectivity index (χ0v) is 9.43. The molecule has 0 amide bonds. The fourth-order valence-electron chi connectivity index (χ4n) is 0.837. The van der Waals surface area contributed by atoms with Crippen LogP contribution in [0.15, 0.2) is 9.17 Å². The number of hydrogen-bond donors (Lipinski definition) is 0. The standard InChI is InChI=1S/C6HBrCl2N2S/c7-4-3-2(1-12-4)5(8)11-6(9)10-3/h1H. The smallest absolute Gasteiger partial charge is 0.216 e. The largest absolute Gasteiger partial charge is 0.224 e. The molecule has 12 heavy (non-hydrogen) atoms. The summed E-state index contributed by atoms with van der Waals surface area (Å²) in [6, 6.07) is 0. The fourth-order valence-corrected chi connectivity index (χ4v) is 2.63. The molecule has 2 nitrogen and oxygen atoms in total. The Bertz CT molecular complexity index is 442. The number of halogens is 3. The van der Waals surface area contributed by atoms with E-state index in [-0.39, 0.29) is 5.28 Å². The van der Waals surface area contributed by atoms with E-state index < -0.39 is 0 Å². The molecule has 0 aliphatic rings. The molecule has 0 spiro atoms. The van der Waals surface area contributed by atoms with Gasteiger partial charge in [-0.15, -0.1) is 11.3 Å². The van der Waals surface area contributed by atoms with E-state index in [2.05, 4.69) is 25.9 Å². The van der Waals surface area contributed by atoms with Gasteiger partial charge >= 0.3 is 0 Å². The van der Waals surface area contributed by atoms with E-state index in [0.29, 0.717) is 5.15 Å². The second kappa shape index (κ2) is 3.10. The van der Waals surface area contributed by atoms with Gasteiger partial charge in [-0.1, -0.05) is 11.6 Å². The van der Waals surface area contributed by atoms with Crippen LogP contribution in [-0.4, -0.2) is 9.97 Å². The summed E-state index contributed by atoms with van der Waals surface area (Å²) in [6.07, 6.45) is 0. The third-order valence-corrected chi connectivity index (χ3v) is 3.49. The molecule has 0 atom stereocenters. The monoisotopic (exact) mass is 282 g/mol. The van der Waals surface area contributed by atoms with Gasteiger partial charge in [-0.25, -0.2) is 9.97 Å². The van der Waals surface area contributed by atoms with Gasteiger partial charge in [0.05, 0.1) is 3.79 Å². The molecule has 6 heteroatoms. The molecule has 0 fully saturated rings. The average Bonchev–Trinajstić information content (AvgIpc) is 2.33. The topological polar surface area (TPSA) is 25.8 Å². The number of fused-ring (bicyclic) bond motifs is 1. The molecule has 0 aliphatic heterocycles. The predicted octanol–water partition coefficient (Wildman–Crippen LogP) is 3.76. The summed E-state index contributed by atoms with van der Waals surface area (Å²) in [5, 5.41) is 3.29. The summed E-state index contributed by atoms with van der Waals surface area (Å²) in [6.45, 7) is 0. The molecular formula is C6HBrCl2N2S. The van der Waals surface area contributed by atoms with Gasteiger partial charge in [-0.3, -0.25) is 0 Å². The van der Waals surface area contributed by atoms with E-state index in [1.165, 1.54) is 11.3 Å². The van der Waals surface area contributed by atoms with Crippen LogP contribution in [0, 0.1) is 0 Å². The third kappa shape index (κ3) is 1.33. The van der Waals surface area contributed by atoms with E-state index in [4.69, 9.17) is 23.2 Å². The maximum Gasteiger partial charge on any atom is 0.224 e. The minimum absolute atomic E-state index is 0.173. The highest BCUT2D eigenvalue weighted by molar-refractivity contribution is 9.11. The minimum atomic E-state index is 0.173. The van der Waals surface area contributed by atoms with Gasteiger partial charge in [-0.05, 0) is 27.5 Å². The first-order valence-corrected chi connectivity index (χ1v) is 5.37. The molecule has 0 aliphatic carbocycles. The first kappa shape index (κ1) is 8.69. The molecule has 0 unspecified atom stereocenters.